The molecule has 0 atom stereocenters. The molecule has 3 heterocycles. The van der Waals surface area contributed by atoms with E-state index in [0.29, 0.717) is 62.4 Å². The number of carbonyl (C=O) groups is 2. The lowest BCUT2D eigenvalue weighted by molar-refractivity contribution is 0.0996. The molecule has 0 saturated carbocycles. The molecular weight excluding hydrogens is 668 g/mol. The number of pyridine rings is 1. The lowest BCUT2D eigenvalue weighted by Crippen LogP contribution is -2.49. The summed E-state index contributed by atoms with van der Waals surface area (Å²) < 4.78 is 63.9. The Morgan fingerprint density at radius 1 is 1.00 bits per heavy atom. The first kappa shape index (κ1) is 36.9. The van der Waals surface area contributed by atoms with Gasteiger partial charge in [0.1, 0.15) is 17.4 Å². The van der Waals surface area contributed by atoms with E-state index in [-0.39, 0.29) is 11.7 Å². The van der Waals surface area contributed by atoms with Crippen LogP contribution in [0.15, 0.2) is 48.5 Å². The third-order valence-electron chi connectivity index (χ3n) is 9.12. The summed E-state index contributed by atoms with van der Waals surface area (Å²) in [6, 6.07) is 11.4. The van der Waals surface area contributed by atoms with Crippen LogP contribution in [-0.2, 0) is 16.8 Å². The number of amides is 3. The molecule has 0 unspecified atom stereocenters. The predicted molar refractivity (Wildman–Crippen MR) is 187 cm³/mol. The molecule has 2 saturated heterocycles. The number of aromatic nitrogens is 1. The van der Waals surface area contributed by atoms with E-state index in [4.69, 9.17) is 10.5 Å². The summed E-state index contributed by atoms with van der Waals surface area (Å²) in [6.45, 7) is 7.57. The Morgan fingerprint density at radius 3 is 2.34 bits per heavy atom. The minimum absolute atomic E-state index is 0.0848. The van der Waals surface area contributed by atoms with Crippen molar-refractivity contribution >= 4 is 33.5 Å². The number of benzene rings is 2. The van der Waals surface area contributed by atoms with Crippen LogP contribution in [0.1, 0.15) is 73.5 Å². The van der Waals surface area contributed by atoms with Gasteiger partial charge in [-0.1, -0.05) is 25.8 Å². The minimum Gasteiger partial charge on any atom is -0.439 e. The van der Waals surface area contributed by atoms with E-state index in [9.17, 15) is 26.8 Å². The first-order chi connectivity index (χ1) is 23.9. The average molecular weight is 714 g/mol. The van der Waals surface area contributed by atoms with Crippen LogP contribution in [0, 0.1) is 18.6 Å². The van der Waals surface area contributed by atoms with E-state index < -0.39 is 39.3 Å². The summed E-state index contributed by atoms with van der Waals surface area (Å²) in [7, 11) is -3.59. The molecule has 15 heteroatoms. The number of ether oxygens (including phenoxy) is 1. The highest BCUT2D eigenvalue weighted by molar-refractivity contribution is 7.90. The van der Waals surface area contributed by atoms with Crippen LogP contribution in [-0.4, -0.2) is 78.2 Å². The maximum atomic E-state index is 14.5. The highest BCUT2D eigenvalue weighted by Crippen LogP contribution is 2.27. The van der Waals surface area contributed by atoms with Crippen molar-refractivity contribution in [2.45, 2.75) is 71.4 Å². The standard InChI is InChI=1S/C35H45F2N7O5S/c1-3-4-18-44(35(46)40-32-21-29(34(38)45)30(36)22-31(32)37)27-14-19-42(20-15-27)23-25-8-13-33(39-24(25)2)49-28-11-9-26(10-12-28)41-50(47,48)43-16-6-5-7-17-43/h8-13,21-22,27,41H,3-7,14-20,23H2,1-2H3,(H2,38,45)(H,40,46). The van der Waals surface area contributed by atoms with Gasteiger partial charge in [-0.3, -0.25) is 14.4 Å². The van der Waals surface area contributed by atoms with Gasteiger partial charge in [0.2, 0.25) is 5.88 Å². The van der Waals surface area contributed by atoms with E-state index in [0.717, 1.165) is 62.5 Å². The molecular formula is C35H45F2N7O5S. The van der Waals surface area contributed by atoms with E-state index in [1.807, 2.05) is 19.9 Å². The highest BCUT2D eigenvalue weighted by atomic mass is 32.2. The van der Waals surface area contributed by atoms with Crippen molar-refractivity contribution in [1.82, 2.24) is 19.1 Å². The third-order valence-corrected chi connectivity index (χ3v) is 10.7. The maximum Gasteiger partial charge on any atom is 0.322 e. The van der Waals surface area contributed by atoms with Crippen LogP contribution in [0.3, 0.4) is 0 Å². The van der Waals surface area contributed by atoms with E-state index in [1.54, 1.807) is 35.2 Å². The Morgan fingerprint density at radius 2 is 1.70 bits per heavy atom. The number of halogens is 2. The van der Waals surface area contributed by atoms with Crippen molar-refractivity contribution in [1.29, 1.82) is 0 Å². The number of nitrogens with two attached hydrogens (primary N) is 1. The van der Waals surface area contributed by atoms with Gasteiger partial charge in [0.05, 0.1) is 16.9 Å². The van der Waals surface area contributed by atoms with E-state index in [1.165, 1.54) is 4.31 Å². The molecule has 2 aliphatic rings. The first-order valence-electron chi connectivity index (χ1n) is 17.0. The van der Waals surface area contributed by atoms with Crippen molar-refractivity contribution in [3.8, 4) is 11.6 Å². The number of anilines is 2. The molecule has 3 amide bonds. The number of rotatable bonds is 13. The molecule has 0 aliphatic carbocycles. The number of hydrogen-bond acceptors (Lipinski definition) is 7. The van der Waals surface area contributed by atoms with Crippen LogP contribution in [0.25, 0.3) is 0 Å². The predicted octanol–water partition coefficient (Wildman–Crippen LogP) is 6.00. The number of carbonyl (C=O) groups excluding carboxylic acids is 2. The Labute approximate surface area is 292 Å². The number of piperidine rings is 2. The van der Waals surface area contributed by atoms with Gasteiger partial charge in [-0.25, -0.2) is 18.6 Å². The summed E-state index contributed by atoms with van der Waals surface area (Å²) in [4.78, 5) is 33.5. The molecule has 2 aromatic carbocycles. The van der Waals surface area contributed by atoms with E-state index in [2.05, 4.69) is 19.9 Å². The fourth-order valence-corrected chi connectivity index (χ4v) is 7.55. The molecule has 2 fully saturated rings. The highest BCUT2D eigenvalue weighted by Gasteiger charge is 2.29. The van der Waals surface area contributed by atoms with Crippen LogP contribution in [0.2, 0.25) is 0 Å². The Balaban J connectivity index is 1.14. The number of aryl methyl sites for hydroxylation is 1. The second kappa shape index (κ2) is 16.6. The van der Waals surface area contributed by atoms with Gasteiger partial charge in [-0.15, -0.1) is 0 Å². The number of urea groups is 1. The smallest absolute Gasteiger partial charge is 0.322 e. The summed E-state index contributed by atoms with van der Waals surface area (Å²) >= 11 is 0. The third kappa shape index (κ3) is 9.46. The molecule has 0 bridgehead atoms. The van der Waals surface area contributed by atoms with Crippen molar-refractivity contribution in [2.75, 3.05) is 42.8 Å². The van der Waals surface area contributed by atoms with Gasteiger partial charge < -0.3 is 20.7 Å². The maximum absolute atomic E-state index is 14.5. The second-order valence-corrected chi connectivity index (χ2v) is 14.4. The number of nitrogens with one attached hydrogen (secondary N) is 2. The molecule has 3 aromatic rings. The zero-order chi connectivity index (χ0) is 35.8. The summed E-state index contributed by atoms with van der Waals surface area (Å²) in [5.74, 6) is -2.18. The van der Waals surface area contributed by atoms with Crippen LogP contribution >= 0.6 is 0 Å². The first-order valence-corrected chi connectivity index (χ1v) is 18.5. The van der Waals surface area contributed by atoms with E-state index >= 15 is 0 Å². The largest absolute Gasteiger partial charge is 0.439 e. The summed E-state index contributed by atoms with van der Waals surface area (Å²) in [6.07, 6.45) is 5.79. The zero-order valence-corrected chi connectivity index (χ0v) is 29.3. The lowest BCUT2D eigenvalue weighted by atomic mass is 10.0. The molecule has 5 rings (SSSR count). The number of nitrogens with zero attached hydrogens (tertiary/aromatic N) is 4. The number of primary amides is 1. The normalized spacial score (nSPS) is 16.2. The average Bonchev–Trinajstić information content (AvgIpc) is 3.09. The molecule has 2 aliphatic heterocycles. The number of unbranched alkanes of at least 4 members (excludes halogenated alkanes) is 1. The molecule has 270 valence electrons. The van der Waals surface area contributed by atoms with Gasteiger partial charge in [-0.2, -0.15) is 12.7 Å². The topological polar surface area (TPSA) is 150 Å². The van der Waals surface area contributed by atoms with Crippen LogP contribution in [0.4, 0.5) is 25.0 Å². The van der Waals surface area contributed by atoms with Crippen molar-refractivity contribution in [2.24, 2.45) is 5.73 Å². The monoisotopic (exact) mass is 713 g/mol. The quantitative estimate of drug-likeness (QED) is 0.197. The SMILES string of the molecule is CCCCN(C(=O)Nc1cc(C(N)=O)c(F)cc1F)C1CCN(Cc2ccc(Oc3ccc(NS(=O)(=O)N4CCCCC4)cc3)nc2C)CC1. The lowest BCUT2D eigenvalue weighted by Gasteiger charge is -2.38. The molecule has 12 nitrogen and oxygen atoms in total. The van der Waals surface area contributed by atoms with Crippen molar-refractivity contribution in [3.63, 3.8) is 0 Å². The fraction of sp³-hybridized carbons (Fsp3) is 0.457. The minimum atomic E-state index is -3.59. The Kier molecular flexibility index (Phi) is 12.2. The van der Waals surface area contributed by atoms with Crippen molar-refractivity contribution in [3.05, 3.63) is 77.0 Å². The molecule has 50 heavy (non-hydrogen) atoms. The number of hydrogen-bond donors (Lipinski definition) is 3. The Bertz CT molecular complexity index is 1760. The van der Waals surface area contributed by atoms with Crippen LogP contribution in [0.5, 0.6) is 11.6 Å². The summed E-state index contributed by atoms with van der Waals surface area (Å²) in [5, 5.41) is 2.52. The second-order valence-electron chi connectivity index (χ2n) is 12.7. The number of likely N-dealkylation sites (tertiary alicyclic amines) is 1. The van der Waals surface area contributed by atoms with Gasteiger partial charge in [0.15, 0.2) is 0 Å². The van der Waals surface area contributed by atoms with Gasteiger partial charge in [0.25, 0.3) is 5.91 Å². The fourth-order valence-electron chi connectivity index (χ4n) is 6.25. The van der Waals surface area contributed by atoms with Crippen molar-refractivity contribution < 1.29 is 31.5 Å². The van der Waals surface area contributed by atoms with Gasteiger partial charge in [0, 0.05) is 63.1 Å². The van der Waals surface area contributed by atoms with Crippen LogP contribution < -0.4 is 20.5 Å². The summed E-state index contributed by atoms with van der Waals surface area (Å²) in [5.41, 5.74) is 6.72. The Hall–Kier alpha value is -4.34. The zero-order valence-electron chi connectivity index (χ0n) is 28.5. The molecule has 0 spiro atoms. The molecule has 0 radical (unpaired) electrons. The van der Waals surface area contributed by atoms with Gasteiger partial charge >= 0.3 is 16.2 Å². The molecule has 4 N–H and O–H groups in total. The van der Waals surface area contributed by atoms with Gasteiger partial charge in [-0.05, 0) is 74.9 Å². The molecule has 1 aromatic heterocycles.